The summed E-state index contributed by atoms with van der Waals surface area (Å²) >= 11 is 6.32. The molecule has 1 unspecified atom stereocenters. The van der Waals surface area contributed by atoms with Crippen LogP contribution in [0.3, 0.4) is 0 Å². The zero-order valence-electron chi connectivity index (χ0n) is 19.6. The molecule has 2 heterocycles. The number of amides is 1. The maximum Gasteiger partial charge on any atom is 0.255 e. The summed E-state index contributed by atoms with van der Waals surface area (Å²) in [6.45, 7) is 6.76. The molecule has 1 N–H and O–H groups in total. The SMILES string of the molecule is Cc1ccc(C(=O)N2CCCC2(C)c2nnc(-c3cccc(Cl)c3C)[nH]2)c(-c2ccccc2)c1. The van der Waals surface area contributed by atoms with E-state index in [9.17, 15) is 4.79 Å². The van der Waals surface area contributed by atoms with E-state index in [0.29, 0.717) is 28.8 Å². The summed E-state index contributed by atoms with van der Waals surface area (Å²) in [5.74, 6) is 1.37. The maximum atomic E-state index is 14.0. The van der Waals surface area contributed by atoms with E-state index in [2.05, 4.69) is 35.1 Å². The van der Waals surface area contributed by atoms with Crippen LogP contribution in [0.25, 0.3) is 22.5 Å². The lowest BCUT2D eigenvalue weighted by atomic mass is 9.94. The largest absolute Gasteiger partial charge is 0.326 e. The first-order chi connectivity index (χ1) is 16.4. The van der Waals surface area contributed by atoms with Crippen molar-refractivity contribution in [3.63, 3.8) is 0 Å². The first-order valence-corrected chi connectivity index (χ1v) is 11.9. The van der Waals surface area contributed by atoms with Crippen molar-refractivity contribution >= 4 is 17.5 Å². The van der Waals surface area contributed by atoms with Crippen LogP contribution in [-0.4, -0.2) is 32.5 Å². The fourth-order valence-electron chi connectivity index (χ4n) is 4.87. The van der Waals surface area contributed by atoms with E-state index in [0.717, 1.165) is 40.7 Å². The third-order valence-corrected chi connectivity index (χ3v) is 7.31. The summed E-state index contributed by atoms with van der Waals surface area (Å²) in [5.41, 5.74) is 5.10. The molecule has 1 aliphatic heterocycles. The number of carbonyl (C=O) groups is 1. The highest BCUT2D eigenvalue weighted by atomic mass is 35.5. The first kappa shape index (κ1) is 22.4. The second kappa shape index (κ2) is 8.73. The second-order valence-electron chi connectivity index (χ2n) is 9.18. The molecule has 1 aliphatic rings. The van der Waals surface area contributed by atoms with Gasteiger partial charge in [0.15, 0.2) is 11.6 Å². The number of halogens is 1. The maximum absolute atomic E-state index is 14.0. The summed E-state index contributed by atoms with van der Waals surface area (Å²) in [5, 5.41) is 9.60. The Balaban J connectivity index is 1.52. The number of H-pyrrole nitrogens is 1. The zero-order chi connectivity index (χ0) is 23.9. The first-order valence-electron chi connectivity index (χ1n) is 11.6. The van der Waals surface area contributed by atoms with Gasteiger partial charge in [-0.2, -0.15) is 0 Å². The smallest absolute Gasteiger partial charge is 0.255 e. The molecule has 0 aliphatic carbocycles. The van der Waals surface area contributed by atoms with Crippen molar-refractivity contribution in [3.8, 4) is 22.5 Å². The number of hydrogen-bond acceptors (Lipinski definition) is 3. The number of carbonyl (C=O) groups excluding carboxylic acids is 1. The number of likely N-dealkylation sites (tertiary alicyclic amines) is 1. The van der Waals surface area contributed by atoms with Crippen LogP contribution in [0.2, 0.25) is 5.02 Å². The highest BCUT2D eigenvalue weighted by Gasteiger charge is 2.44. The number of rotatable bonds is 4. The van der Waals surface area contributed by atoms with Gasteiger partial charge < -0.3 is 9.88 Å². The Hall–Kier alpha value is -3.44. The predicted molar refractivity (Wildman–Crippen MR) is 136 cm³/mol. The van der Waals surface area contributed by atoms with Crippen LogP contribution in [0.5, 0.6) is 0 Å². The molecule has 1 amide bonds. The molecule has 1 aromatic heterocycles. The predicted octanol–water partition coefficient (Wildman–Crippen LogP) is 6.56. The molecular formula is C28H27ClN4O. The number of aryl methyl sites for hydroxylation is 1. The van der Waals surface area contributed by atoms with Crippen molar-refractivity contribution < 1.29 is 4.79 Å². The highest BCUT2D eigenvalue weighted by Crippen LogP contribution is 2.40. The Morgan fingerprint density at radius 2 is 1.79 bits per heavy atom. The fraction of sp³-hybridized carbons (Fsp3) is 0.250. The van der Waals surface area contributed by atoms with Gasteiger partial charge in [-0.25, -0.2) is 0 Å². The van der Waals surface area contributed by atoms with Gasteiger partial charge in [-0.05, 0) is 62.4 Å². The van der Waals surface area contributed by atoms with Gasteiger partial charge in [-0.1, -0.05) is 71.8 Å². The normalized spacial score (nSPS) is 17.8. The average Bonchev–Trinajstić information content (AvgIpc) is 3.49. The van der Waals surface area contributed by atoms with Crippen molar-refractivity contribution in [1.82, 2.24) is 20.1 Å². The van der Waals surface area contributed by atoms with E-state index in [1.54, 1.807) is 0 Å². The second-order valence-corrected chi connectivity index (χ2v) is 9.59. The molecule has 34 heavy (non-hydrogen) atoms. The van der Waals surface area contributed by atoms with Gasteiger partial charge in [-0.15, -0.1) is 10.2 Å². The number of aromatic nitrogens is 3. The van der Waals surface area contributed by atoms with E-state index in [1.165, 1.54) is 0 Å². The van der Waals surface area contributed by atoms with Crippen LogP contribution < -0.4 is 0 Å². The summed E-state index contributed by atoms with van der Waals surface area (Å²) < 4.78 is 0. The number of nitrogens with zero attached hydrogens (tertiary/aromatic N) is 3. The molecule has 1 atom stereocenters. The fourth-order valence-corrected chi connectivity index (χ4v) is 5.05. The quantitative estimate of drug-likeness (QED) is 0.367. The molecule has 3 aromatic carbocycles. The third kappa shape index (κ3) is 3.80. The minimum Gasteiger partial charge on any atom is -0.326 e. The third-order valence-electron chi connectivity index (χ3n) is 6.90. The van der Waals surface area contributed by atoms with Crippen LogP contribution >= 0.6 is 11.6 Å². The number of hydrogen-bond donors (Lipinski definition) is 1. The van der Waals surface area contributed by atoms with Gasteiger partial charge in [0.25, 0.3) is 5.91 Å². The number of aromatic amines is 1. The van der Waals surface area contributed by atoms with E-state index in [-0.39, 0.29) is 5.91 Å². The molecule has 6 heteroatoms. The van der Waals surface area contributed by atoms with Crippen LogP contribution in [-0.2, 0) is 5.54 Å². The summed E-state index contributed by atoms with van der Waals surface area (Å²) in [7, 11) is 0. The molecule has 4 aromatic rings. The van der Waals surface area contributed by atoms with E-state index < -0.39 is 5.54 Å². The molecule has 172 valence electrons. The van der Waals surface area contributed by atoms with E-state index in [4.69, 9.17) is 11.6 Å². The standard InChI is InChI=1S/C28H27ClN4O/c1-18-13-14-22(23(17-18)20-9-5-4-6-10-20)26(34)33-16-8-15-28(33,3)27-30-25(31-32-27)21-11-7-12-24(29)19(21)2/h4-7,9-14,17H,8,15-16H2,1-3H3,(H,30,31,32). The monoisotopic (exact) mass is 470 g/mol. The van der Waals surface area contributed by atoms with Crippen molar-refractivity contribution in [2.24, 2.45) is 0 Å². The van der Waals surface area contributed by atoms with E-state index in [1.807, 2.05) is 72.5 Å². The lowest BCUT2D eigenvalue weighted by Gasteiger charge is -2.33. The summed E-state index contributed by atoms with van der Waals surface area (Å²) in [4.78, 5) is 19.3. The van der Waals surface area contributed by atoms with Crippen LogP contribution in [0.4, 0.5) is 0 Å². The molecule has 0 saturated carbocycles. The Morgan fingerprint density at radius 3 is 2.59 bits per heavy atom. The Labute approximate surface area is 204 Å². The van der Waals surface area contributed by atoms with Gasteiger partial charge in [0.05, 0.1) is 0 Å². The van der Waals surface area contributed by atoms with Crippen LogP contribution in [0.15, 0.2) is 66.7 Å². The Morgan fingerprint density at radius 1 is 1.00 bits per heavy atom. The number of nitrogens with one attached hydrogen (secondary N) is 1. The van der Waals surface area contributed by atoms with Crippen LogP contribution in [0, 0.1) is 13.8 Å². The molecule has 5 nitrogen and oxygen atoms in total. The lowest BCUT2D eigenvalue weighted by Crippen LogP contribution is -2.43. The molecule has 1 saturated heterocycles. The Kier molecular flexibility index (Phi) is 5.74. The number of benzene rings is 3. The minimum atomic E-state index is -0.576. The van der Waals surface area contributed by atoms with Crippen molar-refractivity contribution in [2.45, 2.75) is 39.2 Å². The lowest BCUT2D eigenvalue weighted by molar-refractivity contribution is 0.0605. The van der Waals surface area contributed by atoms with Gasteiger partial charge >= 0.3 is 0 Å². The average molecular weight is 471 g/mol. The molecular weight excluding hydrogens is 444 g/mol. The molecule has 1 fully saturated rings. The summed E-state index contributed by atoms with van der Waals surface area (Å²) in [6, 6.07) is 21.9. The molecule has 0 bridgehead atoms. The van der Waals surface area contributed by atoms with Crippen molar-refractivity contribution in [3.05, 3.63) is 94.3 Å². The van der Waals surface area contributed by atoms with Gasteiger partial charge in [0.1, 0.15) is 5.54 Å². The van der Waals surface area contributed by atoms with Crippen molar-refractivity contribution in [1.29, 1.82) is 0 Å². The molecule has 0 radical (unpaired) electrons. The van der Waals surface area contributed by atoms with Gasteiger partial charge in [0, 0.05) is 22.7 Å². The molecule has 0 spiro atoms. The highest BCUT2D eigenvalue weighted by molar-refractivity contribution is 6.31. The van der Waals surface area contributed by atoms with Gasteiger partial charge in [0.2, 0.25) is 0 Å². The topological polar surface area (TPSA) is 61.9 Å². The van der Waals surface area contributed by atoms with E-state index >= 15 is 0 Å². The Bertz CT molecular complexity index is 1360. The van der Waals surface area contributed by atoms with Gasteiger partial charge in [-0.3, -0.25) is 4.79 Å². The van der Waals surface area contributed by atoms with Crippen molar-refractivity contribution in [2.75, 3.05) is 6.54 Å². The minimum absolute atomic E-state index is 0.00994. The van der Waals surface area contributed by atoms with Crippen LogP contribution in [0.1, 0.15) is 47.1 Å². The molecule has 5 rings (SSSR count). The zero-order valence-corrected chi connectivity index (χ0v) is 20.4. The summed E-state index contributed by atoms with van der Waals surface area (Å²) in [6.07, 6.45) is 1.72.